The molecule has 1 saturated heterocycles. The largest absolute Gasteiger partial charge is 0.417 e. The van der Waals surface area contributed by atoms with Gasteiger partial charge in [0, 0.05) is 19.7 Å². The van der Waals surface area contributed by atoms with E-state index in [1.807, 2.05) is 0 Å². The molecule has 2 amide bonds. The number of likely N-dealkylation sites (tertiary alicyclic amines) is 1. The zero-order chi connectivity index (χ0) is 17.7. The van der Waals surface area contributed by atoms with E-state index in [4.69, 9.17) is 5.11 Å². The van der Waals surface area contributed by atoms with Crippen molar-refractivity contribution >= 4 is 11.8 Å². The van der Waals surface area contributed by atoms with Crippen molar-refractivity contribution in [2.24, 2.45) is 5.92 Å². The molecule has 0 bridgehead atoms. The summed E-state index contributed by atoms with van der Waals surface area (Å²) >= 11 is 0. The van der Waals surface area contributed by atoms with Crippen LogP contribution in [-0.2, 0) is 11.0 Å². The van der Waals surface area contributed by atoms with Crippen LogP contribution in [0.4, 0.5) is 13.2 Å². The monoisotopic (exact) mass is 344 g/mol. The van der Waals surface area contributed by atoms with Crippen LogP contribution in [-0.4, -0.2) is 48.1 Å². The standard InChI is InChI=1S/C16H19F3N2O3/c17-16(18,19)13-6-2-1-5-12(13)15(24)20-8-14(23)21-7-3-4-11(9-21)10-22/h1-2,5-6,11,22H,3-4,7-10H2,(H,20,24). The number of carbonyl (C=O) groups excluding carboxylic acids is 2. The molecule has 132 valence electrons. The molecule has 8 heteroatoms. The summed E-state index contributed by atoms with van der Waals surface area (Å²) in [5, 5.41) is 11.4. The van der Waals surface area contributed by atoms with Gasteiger partial charge in [-0.3, -0.25) is 9.59 Å². The van der Waals surface area contributed by atoms with Crippen molar-refractivity contribution in [3.05, 3.63) is 35.4 Å². The first-order valence-electron chi connectivity index (χ1n) is 7.66. The third kappa shape index (κ3) is 4.47. The Kier molecular flexibility index (Phi) is 5.82. The number of alkyl halides is 3. The van der Waals surface area contributed by atoms with Gasteiger partial charge in [0.15, 0.2) is 0 Å². The summed E-state index contributed by atoms with van der Waals surface area (Å²) in [6.45, 7) is 0.521. The molecule has 0 spiro atoms. The molecule has 0 saturated carbocycles. The predicted molar refractivity (Wildman–Crippen MR) is 80.2 cm³/mol. The Labute approximate surface area is 137 Å². The molecule has 1 aliphatic rings. The van der Waals surface area contributed by atoms with E-state index in [0.717, 1.165) is 25.0 Å². The van der Waals surface area contributed by atoms with Crippen LogP contribution < -0.4 is 5.32 Å². The van der Waals surface area contributed by atoms with E-state index in [-0.39, 0.29) is 25.0 Å². The van der Waals surface area contributed by atoms with Gasteiger partial charge in [0.1, 0.15) is 0 Å². The number of halogens is 3. The van der Waals surface area contributed by atoms with Crippen molar-refractivity contribution < 1.29 is 27.9 Å². The summed E-state index contributed by atoms with van der Waals surface area (Å²) in [6.07, 6.45) is -3.06. The summed E-state index contributed by atoms with van der Waals surface area (Å²) in [5.74, 6) is -1.30. The molecule has 1 aromatic rings. The van der Waals surface area contributed by atoms with E-state index in [0.29, 0.717) is 13.1 Å². The molecule has 1 aromatic carbocycles. The van der Waals surface area contributed by atoms with E-state index in [1.54, 1.807) is 0 Å². The molecule has 24 heavy (non-hydrogen) atoms. The van der Waals surface area contributed by atoms with Crippen molar-refractivity contribution in [1.82, 2.24) is 10.2 Å². The zero-order valence-corrected chi connectivity index (χ0v) is 13.0. The second-order valence-corrected chi connectivity index (χ2v) is 5.76. The smallest absolute Gasteiger partial charge is 0.396 e. The topological polar surface area (TPSA) is 69.6 Å². The number of rotatable bonds is 4. The minimum absolute atomic E-state index is 0.00403. The zero-order valence-electron chi connectivity index (χ0n) is 13.0. The van der Waals surface area contributed by atoms with Gasteiger partial charge in [-0.1, -0.05) is 12.1 Å². The van der Waals surface area contributed by atoms with Crippen molar-refractivity contribution in [3.63, 3.8) is 0 Å². The van der Waals surface area contributed by atoms with Gasteiger partial charge in [0.25, 0.3) is 5.91 Å². The van der Waals surface area contributed by atoms with Gasteiger partial charge in [-0.05, 0) is 30.9 Å². The van der Waals surface area contributed by atoms with Crippen LogP contribution in [0, 0.1) is 5.92 Å². The lowest BCUT2D eigenvalue weighted by atomic mass is 9.99. The minimum atomic E-state index is -4.64. The van der Waals surface area contributed by atoms with E-state index < -0.39 is 23.2 Å². The van der Waals surface area contributed by atoms with Gasteiger partial charge in [-0.15, -0.1) is 0 Å². The van der Waals surface area contributed by atoms with Crippen molar-refractivity contribution in [2.75, 3.05) is 26.2 Å². The molecule has 2 N–H and O–H groups in total. The van der Waals surface area contributed by atoms with Crippen LogP contribution in [0.15, 0.2) is 24.3 Å². The fourth-order valence-corrected chi connectivity index (χ4v) is 2.73. The van der Waals surface area contributed by atoms with Crippen molar-refractivity contribution in [2.45, 2.75) is 19.0 Å². The summed E-state index contributed by atoms with van der Waals surface area (Å²) in [5.41, 5.74) is -1.54. The molecule has 1 heterocycles. The van der Waals surface area contributed by atoms with Crippen molar-refractivity contribution in [1.29, 1.82) is 0 Å². The fraction of sp³-hybridized carbons (Fsp3) is 0.500. The number of hydrogen-bond acceptors (Lipinski definition) is 3. The molecule has 0 aliphatic carbocycles. The second-order valence-electron chi connectivity index (χ2n) is 5.76. The van der Waals surface area contributed by atoms with Crippen LogP contribution in [0.2, 0.25) is 0 Å². The molecular formula is C16H19F3N2O3. The number of aliphatic hydroxyl groups excluding tert-OH is 1. The Morgan fingerprint density at radius 3 is 2.67 bits per heavy atom. The maximum atomic E-state index is 12.9. The number of amides is 2. The minimum Gasteiger partial charge on any atom is -0.396 e. The number of nitrogens with zero attached hydrogens (tertiary/aromatic N) is 1. The number of benzene rings is 1. The summed E-state index contributed by atoms with van der Waals surface area (Å²) < 4.78 is 38.7. The first kappa shape index (κ1) is 18.3. The molecule has 0 radical (unpaired) electrons. The van der Waals surface area contributed by atoms with Gasteiger partial charge in [-0.2, -0.15) is 13.2 Å². The Bertz CT molecular complexity index is 604. The first-order valence-corrected chi connectivity index (χ1v) is 7.66. The summed E-state index contributed by atoms with van der Waals surface area (Å²) in [7, 11) is 0. The van der Waals surface area contributed by atoms with Gasteiger partial charge >= 0.3 is 6.18 Å². The third-order valence-electron chi connectivity index (χ3n) is 4.01. The lowest BCUT2D eigenvalue weighted by Gasteiger charge is -2.31. The summed E-state index contributed by atoms with van der Waals surface area (Å²) in [6, 6.07) is 4.44. The number of piperidine rings is 1. The Morgan fingerprint density at radius 1 is 1.29 bits per heavy atom. The van der Waals surface area contributed by atoms with Crippen LogP contribution in [0.25, 0.3) is 0 Å². The number of hydrogen-bond donors (Lipinski definition) is 2. The van der Waals surface area contributed by atoms with Crippen LogP contribution in [0.5, 0.6) is 0 Å². The van der Waals surface area contributed by atoms with Crippen LogP contribution >= 0.6 is 0 Å². The van der Waals surface area contributed by atoms with E-state index in [1.165, 1.54) is 17.0 Å². The predicted octanol–water partition coefficient (Wildman–Crippen LogP) is 1.67. The van der Waals surface area contributed by atoms with E-state index >= 15 is 0 Å². The highest BCUT2D eigenvalue weighted by atomic mass is 19.4. The summed E-state index contributed by atoms with van der Waals surface area (Å²) in [4.78, 5) is 25.6. The maximum absolute atomic E-state index is 12.9. The molecule has 1 atom stereocenters. The average Bonchev–Trinajstić information content (AvgIpc) is 2.58. The Morgan fingerprint density at radius 2 is 2.00 bits per heavy atom. The average molecular weight is 344 g/mol. The Balaban J connectivity index is 1.97. The van der Waals surface area contributed by atoms with Gasteiger partial charge in [0.05, 0.1) is 17.7 Å². The number of nitrogens with one attached hydrogen (secondary N) is 1. The second kappa shape index (κ2) is 7.65. The fourth-order valence-electron chi connectivity index (χ4n) is 2.73. The van der Waals surface area contributed by atoms with E-state index in [9.17, 15) is 22.8 Å². The van der Waals surface area contributed by atoms with E-state index in [2.05, 4.69) is 5.32 Å². The molecule has 0 aromatic heterocycles. The quantitative estimate of drug-likeness (QED) is 0.873. The highest BCUT2D eigenvalue weighted by molar-refractivity contribution is 5.97. The molecular weight excluding hydrogens is 325 g/mol. The van der Waals surface area contributed by atoms with Crippen LogP contribution in [0.1, 0.15) is 28.8 Å². The van der Waals surface area contributed by atoms with Crippen molar-refractivity contribution in [3.8, 4) is 0 Å². The SMILES string of the molecule is O=C(NCC(=O)N1CCCC(CO)C1)c1ccccc1C(F)(F)F. The third-order valence-corrected chi connectivity index (χ3v) is 4.01. The highest BCUT2D eigenvalue weighted by Gasteiger charge is 2.35. The van der Waals surface area contributed by atoms with Gasteiger partial charge in [0.2, 0.25) is 5.91 Å². The van der Waals surface area contributed by atoms with Crippen LogP contribution in [0.3, 0.4) is 0 Å². The molecule has 1 fully saturated rings. The lowest BCUT2D eigenvalue weighted by molar-refractivity contribution is -0.137. The molecule has 5 nitrogen and oxygen atoms in total. The Hall–Kier alpha value is -2.09. The number of carbonyl (C=O) groups is 2. The first-order chi connectivity index (χ1) is 11.3. The lowest BCUT2D eigenvalue weighted by Crippen LogP contribution is -2.45. The molecule has 1 unspecified atom stereocenters. The van der Waals surface area contributed by atoms with Gasteiger partial charge < -0.3 is 15.3 Å². The normalized spacial score (nSPS) is 18.3. The van der Waals surface area contributed by atoms with Gasteiger partial charge in [-0.25, -0.2) is 0 Å². The maximum Gasteiger partial charge on any atom is 0.417 e. The number of aliphatic hydroxyl groups is 1. The molecule has 2 rings (SSSR count). The molecule has 1 aliphatic heterocycles. The highest BCUT2D eigenvalue weighted by Crippen LogP contribution is 2.31.